The highest BCUT2D eigenvalue weighted by Crippen LogP contribution is 2.17. The summed E-state index contributed by atoms with van der Waals surface area (Å²) in [6.07, 6.45) is 5.19. The third-order valence-electron chi connectivity index (χ3n) is 2.74. The fourth-order valence-corrected chi connectivity index (χ4v) is 1.79. The molecule has 0 bridgehead atoms. The molecule has 0 atom stereocenters. The lowest BCUT2D eigenvalue weighted by molar-refractivity contribution is 0.613. The van der Waals surface area contributed by atoms with E-state index in [0.717, 1.165) is 37.3 Å². The monoisotopic (exact) mass is 251 g/mol. The topological polar surface area (TPSA) is 28.2 Å². The van der Waals surface area contributed by atoms with E-state index in [-0.39, 0.29) is 5.82 Å². The molecule has 0 amide bonds. The van der Waals surface area contributed by atoms with Crippen LogP contribution in [0.4, 0.5) is 10.2 Å². The molecule has 0 spiro atoms. The summed E-state index contributed by atoms with van der Waals surface area (Å²) in [5.74, 6) is 0.563. The van der Waals surface area contributed by atoms with Crippen LogP contribution in [0, 0.1) is 5.82 Å². The predicted molar refractivity (Wildman–Crippen MR) is 74.3 cm³/mol. The smallest absolute Gasteiger partial charge is 0.141 e. The Hall–Kier alpha value is -1.42. The van der Waals surface area contributed by atoms with Crippen molar-refractivity contribution in [2.24, 2.45) is 0 Å². The number of halogens is 1. The quantitative estimate of drug-likeness (QED) is 0.569. The van der Waals surface area contributed by atoms with Gasteiger partial charge >= 0.3 is 0 Å². The molecule has 0 aliphatic carbocycles. The molecule has 0 fully saturated rings. The third kappa shape index (κ3) is 4.45. The Kier molecular flexibility index (Phi) is 6.36. The summed E-state index contributed by atoms with van der Waals surface area (Å²) in [5, 5.41) is 3.20. The van der Waals surface area contributed by atoms with Crippen LogP contribution in [0.5, 0.6) is 0 Å². The van der Waals surface area contributed by atoms with E-state index in [1.807, 2.05) is 20.0 Å². The zero-order valence-corrected chi connectivity index (χ0v) is 11.2. The first kappa shape index (κ1) is 14.6. The second kappa shape index (κ2) is 7.82. The highest BCUT2D eigenvalue weighted by molar-refractivity contribution is 5.46. The van der Waals surface area contributed by atoms with Gasteiger partial charge in [-0.25, -0.2) is 9.37 Å². The van der Waals surface area contributed by atoms with E-state index in [1.165, 1.54) is 6.20 Å². The summed E-state index contributed by atoms with van der Waals surface area (Å²) in [6, 6.07) is 1.55. The normalized spacial score (nSPS) is 10.4. The van der Waals surface area contributed by atoms with Crippen molar-refractivity contribution in [2.45, 2.75) is 26.3 Å². The maximum Gasteiger partial charge on any atom is 0.141 e. The molecule has 18 heavy (non-hydrogen) atoms. The van der Waals surface area contributed by atoms with Crippen molar-refractivity contribution in [1.29, 1.82) is 0 Å². The van der Waals surface area contributed by atoms with Crippen molar-refractivity contribution in [1.82, 2.24) is 10.3 Å². The van der Waals surface area contributed by atoms with E-state index in [9.17, 15) is 4.39 Å². The van der Waals surface area contributed by atoms with Gasteiger partial charge in [0.1, 0.15) is 11.6 Å². The average Bonchev–Trinajstić information content (AvgIpc) is 2.36. The number of nitrogens with zero attached hydrogens (tertiary/aromatic N) is 2. The fourth-order valence-electron chi connectivity index (χ4n) is 1.79. The fraction of sp³-hybridized carbons (Fsp3) is 0.500. The van der Waals surface area contributed by atoms with Crippen LogP contribution >= 0.6 is 0 Å². The van der Waals surface area contributed by atoms with Gasteiger partial charge in [0.2, 0.25) is 0 Å². The minimum Gasteiger partial charge on any atom is -0.359 e. The molecule has 0 aliphatic rings. The maximum atomic E-state index is 13.2. The van der Waals surface area contributed by atoms with Crippen LogP contribution in [0.3, 0.4) is 0 Å². The van der Waals surface area contributed by atoms with E-state index in [0.29, 0.717) is 6.54 Å². The lowest BCUT2D eigenvalue weighted by atomic mass is 10.2. The highest BCUT2D eigenvalue weighted by Gasteiger charge is 2.09. The molecule has 4 heteroatoms. The molecule has 3 nitrogen and oxygen atoms in total. The van der Waals surface area contributed by atoms with Gasteiger partial charge in [0, 0.05) is 25.7 Å². The van der Waals surface area contributed by atoms with Gasteiger partial charge in [-0.05, 0) is 25.5 Å². The van der Waals surface area contributed by atoms with Crippen molar-refractivity contribution in [3.8, 4) is 0 Å². The van der Waals surface area contributed by atoms with E-state index >= 15 is 0 Å². The standard InChI is InChI=1S/C14H22FN3/c1-4-6-7-8-18(3)14-12(10-16-5-2)9-13(15)11-17-14/h4,9,11,16H,1,5-8,10H2,2-3H3. The van der Waals surface area contributed by atoms with Crippen molar-refractivity contribution < 1.29 is 4.39 Å². The molecule has 0 saturated carbocycles. The number of pyridine rings is 1. The minimum atomic E-state index is -0.286. The summed E-state index contributed by atoms with van der Waals surface area (Å²) < 4.78 is 13.2. The number of hydrogen-bond donors (Lipinski definition) is 1. The Bertz CT molecular complexity index is 379. The molecule has 0 saturated heterocycles. The summed E-state index contributed by atoms with van der Waals surface area (Å²) in [6.45, 7) is 8.13. The van der Waals surface area contributed by atoms with Crippen LogP contribution in [0.1, 0.15) is 25.3 Å². The van der Waals surface area contributed by atoms with Gasteiger partial charge in [-0.2, -0.15) is 0 Å². The van der Waals surface area contributed by atoms with E-state index in [4.69, 9.17) is 0 Å². The Labute approximate surface area is 109 Å². The van der Waals surface area contributed by atoms with Gasteiger partial charge in [0.15, 0.2) is 0 Å². The van der Waals surface area contributed by atoms with Gasteiger partial charge < -0.3 is 10.2 Å². The maximum absolute atomic E-state index is 13.2. The Morgan fingerprint density at radius 2 is 2.33 bits per heavy atom. The molecule has 1 heterocycles. The van der Waals surface area contributed by atoms with Crippen LogP contribution in [0.2, 0.25) is 0 Å². The molecular formula is C14H22FN3. The molecule has 0 radical (unpaired) electrons. The Morgan fingerprint density at radius 1 is 1.56 bits per heavy atom. The average molecular weight is 251 g/mol. The first-order valence-electron chi connectivity index (χ1n) is 6.36. The van der Waals surface area contributed by atoms with Crippen LogP contribution < -0.4 is 10.2 Å². The summed E-state index contributed by atoms with van der Waals surface area (Å²) in [7, 11) is 1.98. The lowest BCUT2D eigenvalue weighted by Crippen LogP contribution is -2.23. The lowest BCUT2D eigenvalue weighted by Gasteiger charge is -2.21. The summed E-state index contributed by atoms with van der Waals surface area (Å²) in [4.78, 5) is 6.26. The Balaban J connectivity index is 2.75. The van der Waals surface area contributed by atoms with E-state index in [2.05, 4.69) is 21.8 Å². The molecule has 0 unspecified atom stereocenters. The number of rotatable bonds is 8. The van der Waals surface area contributed by atoms with Gasteiger partial charge in [0.25, 0.3) is 0 Å². The minimum absolute atomic E-state index is 0.286. The van der Waals surface area contributed by atoms with E-state index in [1.54, 1.807) is 6.07 Å². The molecule has 0 aliphatic heterocycles. The van der Waals surface area contributed by atoms with Gasteiger partial charge in [0.05, 0.1) is 6.20 Å². The van der Waals surface area contributed by atoms with Crippen LogP contribution in [-0.4, -0.2) is 25.1 Å². The van der Waals surface area contributed by atoms with Crippen molar-refractivity contribution in [3.05, 3.63) is 36.3 Å². The molecule has 1 aromatic rings. The number of aromatic nitrogens is 1. The van der Waals surface area contributed by atoms with Crippen molar-refractivity contribution in [3.63, 3.8) is 0 Å². The molecule has 100 valence electrons. The van der Waals surface area contributed by atoms with Crippen LogP contribution in [0.25, 0.3) is 0 Å². The van der Waals surface area contributed by atoms with E-state index < -0.39 is 0 Å². The number of unbranched alkanes of at least 4 members (excludes halogenated alkanes) is 1. The molecular weight excluding hydrogens is 229 g/mol. The zero-order chi connectivity index (χ0) is 13.4. The number of allylic oxidation sites excluding steroid dienone is 1. The first-order chi connectivity index (χ1) is 8.69. The van der Waals surface area contributed by atoms with Crippen molar-refractivity contribution in [2.75, 3.05) is 25.0 Å². The third-order valence-corrected chi connectivity index (χ3v) is 2.74. The van der Waals surface area contributed by atoms with Gasteiger partial charge in [-0.1, -0.05) is 13.0 Å². The highest BCUT2D eigenvalue weighted by atomic mass is 19.1. The number of nitrogens with one attached hydrogen (secondary N) is 1. The predicted octanol–water partition coefficient (Wildman–Crippen LogP) is 2.73. The molecule has 1 rings (SSSR count). The number of hydrogen-bond acceptors (Lipinski definition) is 3. The molecule has 0 aromatic carbocycles. The number of anilines is 1. The zero-order valence-electron chi connectivity index (χ0n) is 11.2. The van der Waals surface area contributed by atoms with Crippen LogP contribution in [0.15, 0.2) is 24.9 Å². The second-order valence-electron chi connectivity index (χ2n) is 4.27. The SMILES string of the molecule is C=CCCCN(C)c1ncc(F)cc1CNCC. The van der Waals surface area contributed by atoms with Gasteiger partial charge in [-0.3, -0.25) is 0 Å². The summed E-state index contributed by atoms with van der Waals surface area (Å²) in [5.41, 5.74) is 0.901. The van der Waals surface area contributed by atoms with Crippen LogP contribution in [-0.2, 0) is 6.54 Å². The Morgan fingerprint density at radius 3 is 3.00 bits per heavy atom. The molecule has 1 N–H and O–H groups in total. The largest absolute Gasteiger partial charge is 0.359 e. The summed E-state index contributed by atoms with van der Waals surface area (Å²) >= 11 is 0. The first-order valence-corrected chi connectivity index (χ1v) is 6.36. The van der Waals surface area contributed by atoms with Gasteiger partial charge in [-0.15, -0.1) is 6.58 Å². The molecule has 1 aromatic heterocycles. The second-order valence-corrected chi connectivity index (χ2v) is 4.27. The van der Waals surface area contributed by atoms with Crippen molar-refractivity contribution >= 4 is 5.82 Å².